The van der Waals surface area contributed by atoms with E-state index in [1.165, 1.54) is 5.56 Å². The lowest BCUT2D eigenvalue weighted by Gasteiger charge is -2.11. The van der Waals surface area contributed by atoms with E-state index in [2.05, 4.69) is 28.6 Å². The molecule has 0 spiro atoms. The molecule has 0 unspecified atom stereocenters. The standard InChI is InChI=1S/C18H20N2O2/c1-14-6-5-7-15(12-14)22-11-10-20-17-9-4-3-8-16(17)19-18(20)13-21-2/h3-9,12H,10-11,13H2,1-2H3. The molecule has 3 aromatic rings. The average Bonchev–Trinajstić information content (AvgIpc) is 2.86. The van der Waals surface area contributed by atoms with Gasteiger partial charge in [0.15, 0.2) is 0 Å². The van der Waals surface area contributed by atoms with Gasteiger partial charge < -0.3 is 14.0 Å². The van der Waals surface area contributed by atoms with Crippen LogP contribution in [0.1, 0.15) is 11.4 Å². The summed E-state index contributed by atoms with van der Waals surface area (Å²) < 4.78 is 13.3. The van der Waals surface area contributed by atoms with Gasteiger partial charge in [0.05, 0.1) is 17.6 Å². The zero-order valence-corrected chi connectivity index (χ0v) is 13.0. The Morgan fingerprint density at radius 1 is 1.09 bits per heavy atom. The number of rotatable bonds is 6. The SMILES string of the molecule is COCc1nc2ccccc2n1CCOc1cccc(C)c1. The Morgan fingerprint density at radius 3 is 2.77 bits per heavy atom. The van der Waals surface area contributed by atoms with E-state index in [1.807, 2.05) is 36.4 Å². The van der Waals surface area contributed by atoms with Gasteiger partial charge in [0.2, 0.25) is 0 Å². The summed E-state index contributed by atoms with van der Waals surface area (Å²) in [6.45, 7) is 3.90. The minimum Gasteiger partial charge on any atom is -0.492 e. The predicted octanol–water partition coefficient (Wildman–Crippen LogP) is 3.57. The van der Waals surface area contributed by atoms with Crippen LogP contribution in [0.25, 0.3) is 11.0 Å². The van der Waals surface area contributed by atoms with Gasteiger partial charge >= 0.3 is 0 Å². The lowest BCUT2D eigenvalue weighted by Crippen LogP contribution is -2.11. The number of hydrogen-bond acceptors (Lipinski definition) is 3. The fourth-order valence-corrected chi connectivity index (χ4v) is 2.57. The molecule has 0 saturated heterocycles. The van der Waals surface area contributed by atoms with E-state index in [9.17, 15) is 0 Å². The smallest absolute Gasteiger partial charge is 0.136 e. The maximum Gasteiger partial charge on any atom is 0.136 e. The van der Waals surface area contributed by atoms with E-state index >= 15 is 0 Å². The average molecular weight is 296 g/mol. The monoisotopic (exact) mass is 296 g/mol. The number of imidazole rings is 1. The molecule has 1 heterocycles. The van der Waals surface area contributed by atoms with E-state index in [1.54, 1.807) is 7.11 Å². The fourth-order valence-electron chi connectivity index (χ4n) is 2.57. The summed E-state index contributed by atoms with van der Waals surface area (Å²) in [5.41, 5.74) is 3.30. The summed E-state index contributed by atoms with van der Waals surface area (Å²) in [5, 5.41) is 0. The lowest BCUT2D eigenvalue weighted by molar-refractivity contribution is 0.173. The number of hydrogen-bond donors (Lipinski definition) is 0. The summed E-state index contributed by atoms with van der Waals surface area (Å²) in [6.07, 6.45) is 0. The van der Waals surface area contributed by atoms with E-state index in [0.29, 0.717) is 13.2 Å². The molecule has 0 fully saturated rings. The molecule has 0 aliphatic rings. The van der Waals surface area contributed by atoms with E-state index in [-0.39, 0.29) is 0 Å². The summed E-state index contributed by atoms with van der Waals surface area (Å²) in [4.78, 5) is 4.62. The second-order valence-electron chi connectivity index (χ2n) is 5.27. The molecular weight excluding hydrogens is 276 g/mol. The Bertz CT molecular complexity index is 765. The quantitative estimate of drug-likeness (QED) is 0.697. The van der Waals surface area contributed by atoms with E-state index in [4.69, 9.17) is 9.47 Å². The number of para-hydroxylation sites is 2. The molecule has 0 radical (unpaired) electrons. The van der Waals surface area contributed by atoms with Crippen molar-refractivity contribution in [2.75, 3.05) is 13.7 Å². The van der Waals surface area contributed by atoms with Crippen LogP contribution in [0.5, 0.6) is 5.75 Å². The van der Waals surface area contributed by atoms with Crippen molar-refractivity contribution in [3.8, 4) is 5.75 Å². The van der Waals surface area contributed by atoms with Gasteiger partial charge in [0, 0.05) is 7.11 Å². The first kappa shape index (κ1) is 14.6. The molecule has 22 heavy (non-hydrogen) atoms. The molecule has 0 aliphatic carbocycles. The summed E-state index contributed by atoms with van der Waals surface area (Å²) >= 11 is 0. The minimum atomic E-state index is 0.499. The zero-order valence-electron chi connectivity index (χ0n) is 13.0. The highest BCUT2D eigenvalue weighted by molar-refractivity contribution is 5.75. The van der Waals surface area contributed by atoms with Gasteiger partial charge in [-0.05, 0) is 36.8 Å². The summed E-state index contributed by atoms with van der Waals surface area (Å²) in [6, 6.07) is 16.2. The maximum atomic E-state index is 5.85. The second-order valence-corrected chi connectivity index (χ2v) is 5.27. The van der Waals surface area contributed by atoms with Crippen LogP contribution in [-0.2, 0) is 17.9 Å². The van der Waals surface area contributed by atoms with Crippen molar-refractivity contribution in [2.45, 2.75) is 20.1 Å². The number of aromatic nitrogens is 2. The number of benzene rings is 2. The van der Waals surface area contributed by atoms with E-state index in [0.717, 1.165) is 29.2 Å². The van der Waals surface area contributed by atoms with Crippen LogP contribution in [0.2, 0.25) is 0 Å². The number of fused-ring (bicyclic) bond motifs is 1. The first-order valence-corrected chi connectivity index (χ1v) is 7.40. The van der Waals surface area contributed by atoms with Crippen LogP contribution < -0.4 is 4.74 Å². The van der Waals surface area contributed by atoms with Crippen molar-refractivity contribution in [3.63, 3.8) is 0 Å². The molecule has 0 aliphatic heterocycles. The third-order valence-electron chi connectivity index (χ3n) is 3.58. The Kier molecular flexibility index (Phi) is 4.39. The zero-order chi connectivity index (χ0) is 15.4. The molecule has 0 bridgehead atoms. The van der Waals surface area contributed by atoms with Crippen molar-refractivity contribution in [1.82, 2.24) is 9.55 Å². The lowest BCUT2D eigenvalue weighted by atomic mass is 10.2. The predicted molar refractivity (Wildman–Crippen MR) is 87.1 cm³/mol. The van der Waals surface area contributed by atoms with Crippen LogP contribution in [0.15, 0.2) is 48.5 Å². The molecule has 114 valence electrons. The van der Waals surface area contributed by atoms with Crippen LogP contribution in [0, 0.1) is 6.92 Å². The Morgan fingerprint density at radius 2 is 1.95 bits per heavy atom. The molecule has 2 aromatic carbocycles. The minimum absolute atomic E-state index is 0.499. The number of aryl methyl sites for hydroxylation is 1. The van der Waals surface area contributed by atoms with E-state index < -0.39 is 0 Å². The van der Waals surface area contributed by atoms with Crippen LogP contribution in [0.4, 0.5) is 0 Å². The molecule has 4 nitrogen and oxygen atoms in total. The molecule has 3 rings (SSSR count). The molecule has 0 amide bonds. The maximum absolute atomic E-state index is 5.85. The Labute approximate surface area is 130 Å². The number of ether oxygens (including phenoxy) is 2. The first-order chi connectivity index (χ1) is 10.8. The van der Waals surface area contributed by atoms with Gasteiger partial charge in [-0.2, -0.15) is 0 Å². The topological polar surface area (TPSA) is 36.3 Å². The Balaban J connectivity index is 1.76. The van der Waals surface area contributed by atoms with Crippen molar-refractivity contribution < 1.29 is 9.47 Å². The third kappa shape index (κ3) is 3.12. The van der Waals surface area contributed by atoms with Gasteiger partial charge in [-0.3, -0.25) is 0 Å². The summed E-state index contributed by atoms with van der Waals surface area (Å²) in [5.74, 6) is 1.83. The van der Waals surface area contributed by atoms with Gasteiger partial charge in [0.25, 0.3) is 0 Å². The van der Waals surface area contributed by atoms with Crippen molar-refractivity contribution in [3.05, 3.63) is 59.9 Å². The second kappa shape index (κ2) is 6.62. The largest absolute Gasteiger partial charge is 0.492 e. The van der Waals surface area contributed by atoms with Gasteiger partial charge in [-0.25, -0.2) is 4.98 Å². The molecule has 1 aromatic heterocycles. The van der Waals surface area contributed by atoms with Crippen molar-refractivity contribution in [2.24, 2.45) is 0 Å². The van der Waals surface area contributed by atoms with Crippen LogP contribution in [-0.4, -0.2) is 23.3 Å². The number of methoxy groups -OCH3 is 1. The fraction of sp³-hybridized carbons (Fsp3) is 0.278. The highest BCUT2D eigenvalue weighted by atomic mass is 16.5. The first-order valence-electron chi connectivity index (χ1n) is 7.40. The Hall–Kier alpha value is -2.33. The molecule has 0 N–H and O–H groups in total. The third-order valence-corrected chi connectivity index (χ3v) is 3.58. The van der Waals surface area contributed by atoms with Crippen molar-refractivity contribution in [1.29, 1.82) is 0 Å². The van der Waals surface area contributed by atoms with Crippen LogP contribution >= 0.6 is 0 Å². The molecule has 0 atom stereocenters. The summed E-state index contributed by atoms with van der Waals surface area (Å²) in [7, 11) is 1.69. The van der Waals surface area contributed by atoms with Crippen LogP contribution in [0.3, 0.4) is 0 Å². The highest BCUT2D eigenvalue weighted by Crippen LogP contribution is 2.17. The molecular formula is C18H20N2O2. The van der Waals surface area contributed by atoms with Gasteiger partial charge in [0.1, 0.15) is 24.8 Å². The molecule has 0 saturated carbocycles. The highest BCUT2D eigenvalue weighted by Gasteiger charge is 2.10. The number of nitrogens with zero attached hydrogens (tertiary/aromatic N) is 2. The van der Waals surface area contributed by atoms with Crippen molar-refractivity contribution >= 4 is 11.0 Å². The van der Waals surface area contributed by atoms with Gasteiger partial charge in [-0.15, -0.1) is 0 Å². The van der Waals surface area contributed by atoms with Gasteiger partial charge in [-0.1, -0.05) is 24.3 Å². The molecule has 4 heteroatoms. The normalized spacial score (nSPS) is 11.0.